The van der Waals surface area contributed by atoms with Gasteiger partial charge in [0.25, 0.3) is 5.78 Å². The number of hydrogen-bond acceptors (Lipinski definition) is 6. The highest BCUT2D eigenvalue weighted by Crippen LogP contribution is 2.26. The predicted octanol–water partition coefficient (Wildman–Crippen LogP) is 2.58. The molecule has 0 spiro atoms. The molecule has 4 heterocycles. The average Bonchev–Trinajstić information content (AvgIpc) is 3.29. The van der Waals surface area contributed by atoms with Crippen molar-refractivity contribution in [2.45, 2.75) is 26.2 Å². The van der Waals surface area contributed by atoms with E-state index in [0.29, 0.717) is 17.6 Å². The van der Waals surface area contributed by atoms with E-state index in [-0.39, 0.29) is 0 Å². The molecule has 1 saturated heterocycles. The van der Waals surface area contributed by atoms with Gasteiger partial charge in [-0.2, -0.15) is 14.6 Å². The zero-order valence-electron chi connectivity index (χ0n) is 14.6. The van der Waals surface area contributed by atoms with Crippen LogP contribution in [0.4, 0.5) is 11.6 Å². The van der Waals surface area contributed by atoms with Crippen LogP contribution in [-0.4, -0.2) is 44.2 Å². The first-order valence-electron chi connectivity index (χ1n) is 8.81. The molecule has 1 aliphatic heterocycles. The maximum Gasteiger partial charge on any atom is 0.254 e. The summed E-state index contributed by atoms with van der Waals surface area (Å²) in [6.45, 7) is 7.25. The lowest BCUT2D eigenvalue weighted by molar-refractivity contribution is 0.620. The molecule has 0 unspecified atom stereocenters. The van der Waals surface area contributed by atoms with Crippen molar-refractivity contribution in [3.05, 3.63) is 42.5 Å². The standard InChI is InChI=1S/C18H23N7/c1-13(2)15-9-17(25-18(23-15)21-12-22-25)24-8-6-14(11-24)10-20-16-5-3-4-7-19-16/h3-5,7,9,12-14H,6,8,10-11H2,1-2H3,(H,19,20)/t14-/m0/s1. The zero-order valence-corrected chi connectivity index (χ0v) is 14.6. The molecule has 7 heteroatoms. The number of nitrogens with zero attached hydrogens (tertiary/aromatic N) is 6. The van der Waals surface area contributed by atoms with Crippen molar-refractivity contribution < 1.29 is 0 Å². The number of aromatic nitrogens is 5. The van der Waals surface area contributed by atoms with Gasteiger partial charge in [0, 0.05) is 31.9 Å². The molecular formula is C18H23N7. The van der Waals surface area contributed by atoms with Crippen molar-refractivity contribution in [2.24, 2.45) is 5.92 Å². The van der Waals surface area contributed by atoms with Crippen molar-refractivity contribution in [3.63, 3.8) is 0 Å². The van der Waals surface area contributed by atoms with Crippen LogP contribution in [0.3, 0.4) is 0 Å². The van der Waals surface area contributed by atoms with Crippen molar-refractivity contribution in [2.75, 3.05) is 29.9 Å². The molecule has 4 rings (SSSR count). The van der Waals surface area contributed by atoms with Gasteiger partial charge in [0.2, 0.25) is 0 Å². The van der Waals surface area contributed by atoms with Crippen LogP contribution in [-0.2, 0) is 0 Å². The Balaban J connectivity index is 1.49. The van der Waals surface area contributed by atoms with Gasteiger partial charge in [-0.25, -0.2) is 9.97 Å². The Bertz CT molecular complexity index is 843. The van der Waals surface area contributed by atoms with Gasteiger partial charge in [-0.05, 0) is 30.4 Å². The zero-order chi connectivity index (χ0) is 17.2. The van der Waals surface area contributed by atoms with Gasteiger partial charge in [-0.3, -0.25) is 0 Å². The lowest BCUT2D eigenvalue weighted by atomic mass is 10.1. The number of pyridine rings is 1. The van der Waals surface area contributed by atoms with E-state index in [1.54, 1.807) is 6.33 Å². The maximum absolute atomic E-state index is 4.60. The van der Waals surface area contributed by atoms with Crippen LogP contribution >= 0.6 is 0 Å². The molecule has 0 aromatic carbocycles. The summed E-state index contributed by atoms with van der Waals surface area (Å²) in [6.07, 6.45) is 4.54. The minimum atomic E-state index is 0.365. The molecule has 7 nitrogen and oxygen atoms in total. The van der Waals surface area contributed by atoms with Crippen LogP contribution in [0.5, 0.6) is 0 Å². The summed E-state index contributed by atoms with van der Waals surface area (Å²) >= 11 is 0. The Morgan fingerprint density at radius 2 is 2.20 bits per heavy atom. The quantitative estimate of drug-likeness (QED) is 0.771. The third-order valence-corrected chi connectivity index (χ3v) is 4.69. The molecule has 3 aromatic rings. The second kappa shape index (κ2) is 6.66. The van der Waals surface area contributed by atoms with Crippen LogP contribution in [0, 0.1) is 5.92 Å². The van der Waals surface area contributed by atoms with Crippen molar-refractivity contribution in [1.29, 1.82) is 0 Å². The molecule has 0 aliphatic carbocycles. The molecular weight excluding hydrogens is 314 g/mol. The molecule has 3 aromatic heterocycles. The fourth-order valence-electron chi connectivity index (χ4n) is 3.26. The van der Waals surface area contributed by atoms with Crippen LogP contribution in [0.15, 0.2) is 36.8 Å². The highest BCUT2D eigenvalue weighted by atomic mass is 15.4. The highest BCUT2D eigenvalue weighted by Gasteiger charge is 2.25. The molecule has 1 fully saturated rings. The average molecular weight is 337 g/mol. The van der Waals surface area contributed by atoms with E-state index < -0.39 is 0 Å². The normalized spacial score (nSPS) is 17.6. The first-order chi connectivity index (χ1) is 12.2. The van der Waals surface area contributed by atoms with Crippen molar-refractivity contribution in [3.8, 4) is 0 Å². The Morgan fingerprint density at radius 1 is 1.28 bits per heavy atom. The van der Waals surface area contributed by atoms with Crippen molar-refractivity contribution in [1.82, 2.24) is 24.6 Å². The molecule has 0 bridgehead atoms. The van der Waals surface area contributed by atoms with Crippen LogP contribution < -0.4 is 10.2 Å². The Labute approximate surface area is 147 Å². The summed E-state index contributed by atoms with van der Waals surface area (Å²) in [5.41, 5.74) is 1.06. The monoisotopic (exact) mass is 337 g/mol. The highest BCUT2D eigenvalue weighted by molar-refractivity contribution is 5.49. The predicted molar refractivity (Wildman–Crippen MR) is 97.9 cm³/mol. The Kier molecular flexibility index (Phi) is 4.21. The largest absolute Gasteiger partial charge is 0.370 e. The fraction of sp³-hybridized carbons (Fsp3) is 0.444. The summed E-state index contributed by atoms with van der Waals surface area (Å²) in [7, 11) is 0. The van der Waals surface area contributed by atoms with E-state index in [9.17, 15) is 0 Å². The Hall–Kier alpha value is -2.70. The third kappa shape index (κ3) is 3.26. The molecule has 130 valence electrons. The Morgan fingerprint density at radius 3 is 3.00 bits per heavy atom. The molecule has 0 amide bonds. The van der Waals surface area contributed by atoms with E-state index in [2.05, 4.69) is 50.2 Å². The fourth-order valence-corrected chi connectivity index (χ4v) is 3.26. The van der Waals surface area contributed by atoms with Crippen LogP contribution in [0.25, 0.3) is 5.78 Å². The SMILES string of the molecule is CC(C)c1cc(N2CC[C@@H](CNc3ccccn3)C2)n2ncnc2n1. The van der Waals surface area contributed by atoms with E-state index >= 15 is 0 Å². The van der Waals surface area contributed by atoms with Crippen molar-refractivity contribution >= 4 is 17.4 Å². The number of nitrogens with one attached hydrogen (secondary N) is 1. The first-order valence-corrected chi connectivity index (χ1v) is 8.81. The van der Waals surface area contributed by atoms with E-state index in [4.69, 9.17) is 0 Å². The molecule has 1 atom stereocenters. The molecule has 1 aliphatic rings. The van der Waals surface area contributed by atoms with Gasteiger partial charge in [-0.1, -0.05) is 19.9 Å². The molecule has 1 N–H and O–H groups in total. The maximum atomic E-state index is 4.60. The molecule has 25 heavy (non-hydrogen) atoms. The second-order valence-corrected chi connectivity index (χ2v) is 6.86. The van der Waals surface area contributed by atoms with Gasteiger partial charge in [0.05, 0.1) is 5.69 Å². The van der Waals surface area contributed by atoms with Gasteiger partial charge in [0.1, 0.15) is 18.0 Å². The third-order valence-electron chi connectivity index (χ3n) is 4.69. The summed E-state index contributed by atoms with van der Waals surface area (Å²) in [5, 5.41) is 7.79. The van der Waals surface area contributed by atoms with Crippen LogP contribution in [0.2, 0.25) is 0 Å². The number of hydrogen-bond donors (Lipinski definition) is 1. The lowest BCUT2D eigenvalue weighted by Gasteiger charge is -2.20. The topological polar surface area (TPSA) is 71.2 Å². The first kappa shape index (κ1) is 15.8. The minimum absolute atomic E-state index is 0.365. The van der Waals surface area contributed by atoms with E-state index in [1.807, 2.05) is 28.9 Å². The molecule has 0 radical (unpaired) electrons. The number of rotatable bonds is 5. The van der Waals surface area contributed by atoms with Gasteiger partial charge in [0.15, 0.2) is 0 Å². The van der Waals surface area contributed by atoms with E-state index in [0.717, 1.165) is 43.4 Å². The van der Waals surface area contributed by atoms with Gasteiger partial charge < -0.3 is 10.2 Å². The smallest absolute Gasteiger partial charge is 0.254 e. The summed E-state index contributed by atoms with van der Waals surface area (Å²) in [6, 6.07) is 8.09. The second-order valence-electron chi connectivity index (χ2n) is 6.86. The summed E-state index contributed by atoms with van der Waals surface area (Å²) in [5.74, 6) is 3.65. The minimum Gasteiger partial charge on any atom is -0.370 e. The number of anilines is 2. The van der Waals surface area contributed by atoms with E-state index in [1.165, 1.54) is 0 Å². The van der Waals surface area contributed by atoms with Gasteiger partial charge >= 0.3 is 0 Å². The summed E-state index contributed by atoms with van der Waals surface area (Å²) in [4.78, 5) is 15.6. The lowest BCUT2D eigenvalue weighted by Crippen LogP contribution is -2.25. The summed E-state index contributed by atoms with van der Waals surface area (Å²) < 4.78 is 1.85. The molecule has 0 saturated carbocycles. The number of fused-ring (bicyclic) bond motifs is 1. The van der Waals surface area contributed by atoms with Crippen LogP contribution in [0.1, 0.15) is 31.9 Å². The van der Waals surface area contributed by atoms with Gasteiger partial charge in [-0.15, -0.1) is 0 Å².